The van der Waals surface area contributed by atoms with E-state index in [2.05, 4.69) is 4.98 Å². The highest BCUT2D eigenvalue weighted by Crippen LogP contribution is 1.98. The molecule has 1 aromatic rings. The number of carbonyl (C=O) groups is 1. The van der Waals surface area contributed by atoms with E-state index in [1.54, 1.807) is 13.8 Å². The summed E-state index contributed by atoms with van der Waals surface area (Å²) in [4.78, 5) is 26.8. The second kappa shape index (κ2) is 4.68. The molecule has 14 heavy (non-hydrogen) atoms. The monoisotopic (exact) mass is 306 g/mol. The van der Waals surface area contributed by atoms with Gasteiger partial charge in [-0.05, 0) is 29.5 Å². The summed E-state index contributed by atoms with van der Waals surface area (Å²) in [6.07, 6.45) is 1.96. The van der Waals surface area contributed by atoms with Crippen LogP contribution in [0.3, 0.4) is 0 Å². The highest BCUT2D eigenvalue weighted by atomic mass is 127. The van der Waals surface area contributed by atoms with E-state index in [0.29, 0.717) is 15.8 Å². The molecule has 0 atom stereocenters. The molecule has 1 rings (SSSR count). The third-order valence-corrected chi connectivity index (χ3v) is 2.67. The van der Waals surface area contributed by atoms with Gasteiger partial charge in [-0.25, -0.2) is 4.98 Å². The summed E-state index contributed by atoms with van der Waals surface area (Å²) >= 11 is 1.92. The van der Waals surface area contributed by atoms with Crippen molar-refractivity contribution in [2.45, 2.75) is 26.8 Å². The van der Waals surface area contributed by atoms with Gasteiger partial charge in [-0.15, -0.1) is 0 Å². The van der Waals surface area contributed by atoms with Crippen LogP contribution < -0.4 is 5.56 Å². The lowest BCUT2D eigenvalue weighted by atomic mass is 10.3. The summed E-state index contributed by atoms with van der Waals surface area (Å²) < 4.78 is 1.95. The van der Waals surface area contributed by atoms with Crippen molar-refractivity contribution in [3.63, 3.8) is 0 Å². The Morgan fingerprint density at radius 1 is 1.64 bits per heavy atom. The highest BCUT2D eigenvalue weighted by Gasteiger charge is 2.08. The Labute approximate surface area is 95.5 Å². The predicted molar refractivity (Wildman–Crippen MR) is 61.2 cm³/mol. The molecular weight excluding hydrogens is 295 g/mol. The molecule has 0 amide bonds. The van der Waals surface area contributed by atoms with Crippen molar-refractivity contribution in [1.29, 1.82) is 0 Å². The van der Waals surface area contributed by atoms with Crippen LogP contribution in [0.15, 0.2) is 11.0 Å². The maximum Gasteiger partial charge on any atom is 0.267 e. The number of nitrogens with zero attached hydrogens (tertiary/aromatic N) is 2. The molecule has 0 aliphatic carbocycles. The van der Waals surface area contributed by atoms with E-state index in [4.69, 9.17) is 0 Å². The highest BCUT2D eigenvalue weighted by molar-refractivity contribution is 14.1. The first-order chi connectivity index (χ1) is 6.56. The largest absolute Gasteiger partial charge is 0.298 e. The van der Waals surface area contributed by atoms with Crippen molar-refractivity contribution in [2.75, 3.05) is 0 Å². The molecule has 0 spiro atoms. The summed E-state index contributed by atoms with van der Waals surface area (Å²) in [6.45, 7) is 3.63. The van der Waals surface area contributed by atoms with Crippen LogP contribution in [-0.4, -0.2) is 15.3 Å². The van der Waals surface area contributed by atoms with Gasteiger partial charge in [0, 0.05) is 12.6 Å². The van der Waals surface area contributed by atoms with Gasteiger partial charge >= 0.3 is 0 Å². The van der Waals surface area contributed by atoms with Crippen molar-refractivity contribution >= 4 is 28.4 Å². The second-order valence-electron chi connectivity index (χ2n) is 2.94. The minimum Gasteiger partial charge on any atom is -0.298 e. The lowest BCUT2D eigenvalue weighted by molar-refractivity contribution is -0.119. The van der Waals surface area contributed by atoms with Gasteiger partial charge in [0.25, 0.3) is 5.56 Å². The molecular formula is C9H11IN2O2. The topological polar surface area (TPSA) is 52.0 Å². The molecule has 0 bridgehead atoms. The third kappa shape index (κ3) is 2.40. The first-order valence-corrected chi connectivity index (χ1v) is 5.37. The fraction of sp³-hybridized carbons (Fsp3) is 0.444. The lowest BCUT2D eigenvalue weighted by Crippen LogP contribution is -2.28. The third-order valence-electron chi connectivity index (χ3n) is 1.93. The minimum atomic E-state index is -0.139. The average Bonchev–Trinajstić information content (AvgIpc) is 2.18. The fourth-order valence-corrected chi connectivity index (χ4v) is 1.46. The van der Waals surface area contributed by atoms with Crippen LogP contribution in [0.1, 0.15) is 19.2 Å². The summed E-state index contributed by atoms with van der Waals surface area (Å²) in [5.41, 5.74) is -0.139. The molecule has 5 heteroatoms. The van der Waals surface area contributed by atoms with E-state index in [1.165, 1.54) is 10.8 Å². The number of Topliss-reactive ketones (excluding diaryl/α,β-unsaturated/α-hetero) is 1. The molecule has 76 valence electrons. The Hall–Kier alpha value is -0.720. The van der Waals surface area contributed by atoms with E-state index < -0.39 is 0 Å². The Balaban J connectivity index is 3.13. The van der Waals surface area contributed by atoms with Gasteiger partial charge in [-0.1, -0.05) is 6.92 Å². The van der Waals surface area contributed by atoms with Crippen LogP contribution in [-0.2, 0) is 11.3 Å². The van der Waals surface area contributed by atoms with Crippen LogP contribution in [0.2, 0.25) is 0 Å². The molecule has 0 fully saturated rings. The van der Waals surface area contributed by atoms with Crippen molar-refractivity contribution in [2.24, 2.45) is 0 Å². The van der Waals surface area contributed by atoms with Crippen LogP contribution in [0.25, 0.3) is 0 Å². The van der Waals surface area contributed by atoms with Gasteiger partial charge in [0.1, 0.15) is 5.82 Å². The minimum absolute atomic E-state index is 0.0407. The van der Waals surface area contributed by atoms with Gasteiger partial charge in [0.2, 0.25) is 0 Å². The van der Waals surface area contributed by atoms with E-state index in [-0.39, 0.29) is 17.9 Å². The molecule has 0 aromatic carbocycles. The SMILES string of the molecule is CCC(=O)Cn1c(C)ncc(I)c1=O. The summed E-state index contributed by atoms with van der Waals surface area (Å²) in [6, 6.07) is 0. The number of aryl methyl sites for hydroxylation is 1. The summed E-state index contributed by atoms with van der Waals surface area (Å²) in [7, 11) is 0. The maximum atomic E-state index is 11.6. The normalized spacial score (nSPS) is 10.2. The first kappa shape index (κ1) is 11.4. The molecule has 0 saturated carbocycles. The molecule has 0 radical (unpaired) electrons. The van der Waals surface area contributed by atoms with Gasteiger partial charge in [-0.2, -0.15) is 0 Å². The van der Waals surface area contributed by atoms with E-state index in [9.17, 15) is 9.59 Å². The zero-order chi connectivity index (χ0) is 10.7. The van der Waals surface area contributed by atoms with Gasteiger partial charge in [0.05, 0.1) is 10.1 Å². The molecule has 1 heterocycles. The van der Waals surface area contributed by atoms with Crippen LogP contribution in [0, 0.1) is 10.5 Å². The number of rotatable bonds is 3. The van der Waals surface area contributed by atoms with Crippen molar-refractivity contribution in [3.8, 4) is 0 Å². The van der Waals surface area contributed by atoms with E-state index in [0.717, 1.165) is 0 Å². The number of hydrogen-bond donors (Lipinski definition) is 0. The Morgan fingerprint density at radius 3 is 2.86 bits per heavy atom. The molecule has 4 nitrogen and oxygen atoms in total. The van der Waals surface area contributed by atoms with Crippen molar-refractivity contribution < 1.29 is 4.79 Å². The van der Waals surface area contributed by atoms with Gasteiger partial charge < -0.3 is 0 Å². The second-order valence-corrected chi connectivity index (χ2v) is 4.10. The lowest BCUT2D eigenvalue weighted by Gasteiger charge is -2.07. The summed E-state index contributed by atoms with van der Waals surface area (Å²) in [5, 5.41) is 0. The molecule has 0 saturated heterocycles. The zero-order valence-corrected chi connectivity index (χ0v) is 10.2. The first-order valence-electron chi connectivity index (χ1n) is 4.30. The number of ketones is 1. The van der Waals surface area contributed by atoms with Crippen molar-refractivity contribution in [1.82, 2.24) is 9.55 Å². The van der Waals surface area contributed by atoms with Crippen molar-refractivity contribution in [3.05, 3.63) is 25.9 Å². The van der Waals surface area contributed by atoms with Gasteiger partial charge in [0.15, 0.2) is 5.78 Å². The number of halogens is 1. The molecule has 0 N–H and O–H groups in total. The van der Waals surface area contributed by atoms with E-state index >= 15 is 0 Å². The molecule has 0 unspecified atom stereocenters. The molecule has 0 aliphatic rings. The van der Waals surface area contributed by atoms with Crippen LogP contribution in [0.5, 0.6) is 0 Å². The van der Waals surface area contributed by atoms with Crippen LogP contribution >= 0.6 is 22.6 Å². The number of aromatic nitrogens is 2. The number of hydrogen-bond acceptors (Lipinski definition) is 3. The van der Waals surface area contributed by atoms with Crippen LogP contribution in [0.4, 0.5) is 0 Å². The Kier molecular flexibility index (Phi) is 3.79. The number of carbonyl (C=O) groups excluding carboxylic acids is 1. The van der Waals surface area contributed by atoms with Gasteiger partial charge in [-0.3, -0.25) is 14.2 Å². The maximum absolute atomic E-state index is 11.6. The standard InChI is InChI=1S/C9H11IN2O2/c1-3-7(13)5-12-6(2)11-4-8(10)9(12)14/h4H,3,5H2,1-2H3. The fourth-order valence-electron chi connectivity index (χ4n) is 1.03. The summed E-state index contributed by atoms with van der Waals surface area (Å²) in [5.74, 6) is 0.621. The molecule has 0 aliphatic heterocycles. The Bertz CT molecular complexity index is 412. The average molecular weight is 306 g/mol. The predicted octanol–water partition coefficient (Wildman–Crippen LogP) is 1.14. The zero-order valence-electron chi connectivity index (χ0n) is 8.08. The molecule has 1 aromatic heterocycles. The Morgan fingerprint density at radius 2 is 2.29 bits per heavy atom. The quantitative estimate of drug-likeness (QED) is 0.787. The van der Waals surface area contributed by atoms with E-state index in [1.807, 2.05) is 22.6 Å². The smallest absolute Gasteiger partial charge is 0.267 e.